The van der Waals surface area contributed by atoms with E-state index in [0.717, 1.165) is 21.6 Å². The zero-order valence-corrected chi connectivity index (χ0v) is 14.3. The van der Waals surface area contributed by atoms with Crippen molar-refractivity contribution in [2.45, 2.75) is 51.2 Å². The molecule has 0 aromatic heterocycles. The van der Waals surface area contributed by atoms with E-state index in [2.05, 4.69) is 17.9 Å². The van der Waals surface area contributed by atoms with Crippen molar-refractivity contribution >= 4 is 24.6 Å². The number of hydrogen-bond acceptors (Lipinski definition) is 5. The van der Waals surface area contributed by atoms with Crippen LogP contribution < -0.4 is 5.32 Å². The van der Waals surface area contributed by atoms with Gasteiger partial charge in [0.2, 0.25) is 0 Å². The number of ether oxygens (including phenoxy) is 1. The van der Waals surface area contributed by atoms with Crippen LogP contribution in [-0.2, 0) is 27.3 Å². The number of rotatable bonds is 6. The molecule has 0 aliphatic rings. The Kier molecular flexibility index (Phi) is 6.44. The zero-order valence-electron chi connectivity index (χ0n) is 13.4. The minimum atomic E-state index is -0.880. The largest absolute Gasteiger partial charge is 0.481 e. The fourth-order valence-corrected chi connectivity index (χ4v) is 2.27. The predicted octanol–water partition coefficient (Wildman–Crippen LogP) is 2.34. The van der Waals surface area contributed by atoms with Gasteiger partial charge in [0.25, 0.3) is 0 Å². The van der Waals surface area contributed by atoms with E-state index in [0.29, 0.717) is 6.54 Å². The van der Waals surface area contributed by atoms with E-state index in [1.165, 1.54) is 0 Å². The van der Waals surface area contributed by atoms with Crippen LogP contribution in [0.3, 0.4) is 0 Å². The molecule has 0 saturated heterocycles. The van der Waals surface area contributed by atoms with Gasteiger partial charge in [-0.1, -0.05) is 6.07 Å². The standard InChI is InChI=1S/C16H23NO4S/c1-10-12(7-14(18)19)5-11(6-13(10)22)8-17-9-15(20)21-16(2,3)4/h5-6,17,22H,7-9H2,1-4H3,(H,18,19). The van der Waals surface area contributed by atoms with Gasteiger partial charge in [-0.3, -0.25) is 9.59 Å². The topological polar surface area (TPSA) is 75.6 Å². The highest BCUT2D eigenvalue weighted by Crippen LogP contribution is 2.21. The number of thiol groups is 1. The molecule has 0 heterocycles. The Labute approximate surface area is 136 Å². The maximum Gasteiger partial charge on any atom is 0.320 e. The summed E-state index contributed by atoms with van der Waals surface area (Å²) < 4.78 is 5.20. The highest BCUT2D eigenvalue weighted by atomic mass is 32.1. The van der Waals surface area contributed by atoms with Crippen LogP contribution in [0.1, 0.15) is 37.5 Å². The van der Waals surface area contributed by atoms with Crippen LogP contribution in [0, 0.1) is 6.92 Å². The van der Waals surface area contributed by atoms with E-state index in [1.54, 1.807) is 0 Å². The van der Waals surface area contributed by atoms with Gasteiger partial charge in [0, 0.05) is 11.4 Å². The summed E-state index contributed by atoms with van der Waals surface area (Å²) in [5.74, 6) is -1.20. The first-order valence-electron chi connectivity index (χ1n) is 7.04. The lowest BCUT2D eigenvalue weighted by atomic mass is 10.0. The summed E-state index contributed by atoms with van der Waals surface area (Å²) in [5.41, 5.74) is 1.97. The molecule has 1 aromatic carbocycles. The second-order valence-electron chi connectivity index (χ2n) is 6.16. The Morgan fingerprint density at radius 1 is 1.32 bits per heavy atom. The summed E-state index contributed by atoms with van der Waals surface area (Å²) in [4.78, 5) is 23.2. The maximum absolute atomic E-state index is 11.6. The average Bonchev–Trinajstić information content (AvgIpc) is 2.32. The molecule has 0 radical (unpaired) electrons. The number of aliphatic carboxylic acids is 1. The number of carboxylic acid groups (broad SMARTS) is 1. The van der Waals surface area contributed by atoms with Crippen molar-refractivity contribution in [2.75, 3.05) is 6.54 Å². The van der Waals surface area contributed by atoms with Gasteiger partial charge in [0.1, 0.15) is 5.60 Å². The molecule has 6 heteroatoms. The third kappa shape index (κ3) is 6.49. The summed E-state index contributed by atoms with van der Waals surface area (Å²) in [6.45, 7) is 7.84. The van der Waals surface area contributed by atoms with Crippen LogP contribution in [-0.4, -0.2) is 29.2 Å². The van der Waals surface area contributed by atoms with Crippen LogP contribution in [0.5, 0.6) is 0 Å². The number of benzene rings is 1. The van der Waals surface area contributed by atoms with Crippen LogP contribution >= 0.6 is 12.6 Å². The molecule has 5 nitrogen and oxygen atoms in total. The summed E-state index contributed by atoms with van der Waals surface area (Å²) >= 11 is 4.37. The number of carboxylic acids is 1. The maximum atomic E-state index is 11.6. The Balaban J connectivity index is 2.65. The van der Waals surface area contributed by atoms with E-state index >= 15 is 0 Å². The SMILES string of the molecule is Cc1c(S)cc(CNCC(=O)OC(C)(C)C)cc1CC(=O)O. The van der Waals surface area contributed by atoms with Gasteiger partial charge in [-0.15, -0.1) is 12.6 Å². The van der Waals surface area contributed by atoms with Gasteiger partial charge in [-0.05, 0) is 50.5 Å². The second-order valence-corrected chi connectivity index (χ2v) is 6.64. The molecule has 0 aliphatic carbocycles. The van der Waals surface area contributed by atoms with Crippen molar-refractivity contribution in [1.29, 1.82) is 0 Å². The van der Waals surface area contributed by atoms with Crippen LogP contribution in [0.2, 0.25) is 0 Å². The van der Waals surface area contributed by atoms with Crippen molar-refractivity contribution in [1.82, 2.24) is 5.32 Å². The van der Waals surface area contributed by atoms with Gasteiger partial charge < -0.3 is 15.2 Å². The minimum absolute atomic E-state index is 0.0424. The summed E-state index contributed by atoms with van der Waals surface area (Å²) in [6, 6.07) is 3.69. The molecule has 1 rings (SSSR count). The normalized spacial score (nSPS) is 11.3. The molecule has 0 unspecified atom stereocenters. The lowest BCUT2D eigenvalue weighted by molar-refractivity contribution is -0.153. The summed E-state index contributed by atoms with van der Waals surface area (Å²) in [6.07, 6.45) is -0.0424. The van der Waals surface area contributed by atoms with Crippen molar-refractivity contribution in [2.24, 2.45) is 0 Å². The molecule has 22 heavy (non-hydrogen) atoms. The molecule has 0 bridgehead atoms. The molecule has 0 aliphatic heterocycles. The minimum Gasteiger partial charge on any atom is -0.481 e. The van der Waals surface area contributed by atoms with Crippen LogP contribution in [0.15, 0.2) is 17.0 Å². The lowest BCUT2D eigenvalue weighted by Crippen LogP contribution is -2.31. The average molecular weight is 325 g/mol. The Bertz CT molecular complexity index is 564. The van der Waals surface area contributed by atoms with Crippen LogP contribution in [0.4, 0.5) is 0 Å². The molecule has 122 valence electrons. The predicted molar refractivity (Wildman–Crippen MR) is 87.3 cm³/mol. The molecular formula is C16H23NO4S. The van der Waals surface area contributed by atoms with Crippen molar-refractivity contribution < 1.29 is 19.4 Å². The first-order chi connectivity index (χ1) is 10.1. The monoisotopic (exact) mass is 325 g/mol. The Morgan fingerprint density at radius 3 is 2.50 bits per heavy atom. The number of carbonyl (C=O) groups excluding carboxylic acids is 1. The van der Waals surface area contributed by atoms with E-state index in [1.807, 2.05) is 39.8 Å². The number of hydrogen-bond donors (Lipinski definition) is 3. The van der Waals surface area contributed by atoms with E-state index in [9.17, 15) is 9.59 Å². The third-order valence-corrected chi connectivity index (χ3v) is 3.37. The zero-order chi connectivity index (χ0) is 16.9. The fraction of sp³-hybridized carbons (Fsp3) is 0.500. The Morgan fingerprint density at radius 2 is 1.95 bits per heavy atom. The quantitative estimate of drug-likeness (QED) is 0.553. The Hall–Kier alpha value is -1.53. The molecule has 0 spiro atoms. The fourth-order valence-electron chi connectivity index (χ4n) is 1.96. The van der Waals surface area contributed by atoms with Gasteiger partial charge >= 0.3 is 11.9 Å². The first-order valence-corrected chi connectivity index (χ1v) is 7.49. The van der Waals surface area contributed by atoms with E-state index < -0.39 is 11.6 Å². The third-order valence-electron chi connectivity index (χ3n) is 2.91. The number of esters is 1. The molecule has 1 aromatic rings. The smallest absolute Gasteiger partial charge is 0.320 e. The van der Waals surface area contributed by atoms with E-state index in [-0.39, 0.29) is 18.9 Å². The molecule has 0 amide bonds. The van der Waals surface area contributed by atoms with Gasteiger partial charge in [-0.2, -0.15) is 0 Å². The summed E-state index contributed by atoms with van der Waals surface area (Å²) in [7, 11) is 0. The lowest BCUT2D eigenvalue weighted by Gasteiger charge is -2.19. The molecule has 0 saturated carbocycles. The van der Waals surface area contributed by atoms with Crippen LogP contribution in [0.25, 0.3) is 0 Å². The molecule has 0 atom stereocenters. The van der Waals surface area contributed by atoms with Gasteiger partial charge in [0.05, 0.1) is 13.0 Å². The summed E-state index contributed by atoms with van der Waals surface area (Å²) in [5, 5.41) is 11.9. The highest BCUT2D eigenvalue weighted by Gasteiger charge is 2.15. The first kappa shape index (κ1) is 18.5. The van der Waals surface area contributed by atoms with Gasteiger partial charge in [0.15, 0.2) is 0 Å². The molecular weight excluding hydrogens is 302 g/mol. The highest BCUT2D eigenvalue weighted by molar-refractivity contribution is 7.80. The molecule has 2 N–H and O–H groups in total. The number of carbonyl (C=O) groups is 2. The second kappa shape index (κ2) is 7.65. The van der Waals surface area contributed by atoms with Crippen molar-refractivity contribution in [3.63, 3.8) is 0 Å². The van der Waals surface area contributed by atoms with Gasteiger partial charge in [-0.25, -0.2) is 0 Å². The van der Waals surface area contributed by atoms with Crippen molar-refractivity contribution in [3.8, 4) is 0 Å². The van der Waals surface area contributed by atoms with E-state index in [4.69, 9.17) is 9.84 Å². The molecule has 0 fully saturated rings. The number of nitrogens with one attached hydrogen (secondary N) is 1. The van der Waals surface area contributed by atoms with Crippen molar-refractivity contribution in [3.05, 3.63) is 28.8 Å².